The number of aldehydes is 1. The van der Waals surface area contributed by atoms with Crippen LogP contribution in [0, 0.1) is 0 Å². The van der Waals surface area contributed by atoms with Crippen molar-refractivity contribution < 1.29 is 9.90 Å². The molecule has 0 saturated heterocycles. The minimum atomic E-state index is -0.404. The topological polar surface area (TPSA) is 40.5 Å². The van der Waals surface area contributed by atoms with Crippen LogP contribution in [-0.2, 0) is 0 Å². The van der Waals surface area contributed by atoms with Crippen LogP contribution in [0.25, 0.3) is 0 Å². The molecule has 0 aliphatic heterocycles. The molecule has 88 valence electrons. The summed E-state index contributed by atoms with van der Waals surface area (Å²) in [5.74, 6) is 0. The van der Waals surface area contributed by atoms with Crippen molar-refractivity contribution in [1.82, 2.24) is 0 Å². The largest absolute Gasteiger partial charge is 0.394 e. The summed E-state index contributed by atoms with van der Waals surface area (Å²) in [5.41, 5.74) is 1.02. The summed E-state index contributed by atoms with van der Waals surface area (Å²) < 4.78 is 0.911. The zero-order valence-corrected chi connectivity index (χ0v) is 11.3. The van der Waals surface area contributed by atoms with Gasteiger partial charge in [0.05, 0.1) is 12.1 Å². The van der Waals surface area contributed by atoms with Crippen molar-refractivity contribution in [2.24, 2.45) is 0 Å². The van der Waals surface area contributed by atoms with E-state index in [0.717, 1.165) is 16.4 Å². The van der Waals surface area contributed by atoms with Gasteiger partial charge < -0.3 is 10.0 Å². The number of aliphatic hydroxyl groups is 1. The van der Waals surface area contributed by atoms with Crippen molar-refractivity contribution in [2.75, 3.05) is 18.6 Å². The predicted octanol–water partition coefficient (Wildman–Crippen LogP) is 2.47. The Kier molecular flexibility index (Phi) is 4.10. The second-order valence-corrected chi connectivity index (χ2v) is 5.27. The average Bonchev–Trinajstić information content (AvgIpc) is 2.28. The van der Waals surface area contributed by atoms with Gasteiger partial charge in [-0.2, -0.15) is 0 Å². The Hall–Kier alpha value is -0.870. The molecule has 1 rings (SSSR count). The summed E-state index contributed by atoms with van der Waals surface area (Å²) in [4.78, 5) is 12.9. The number of aliphatic hydroxyl groups excluding tert-OH is 1. The molecule has 0 aliphatic rings. The summed E-state index contributed by atoms with van der Waals surface area (Å²) >= 11 is 3.38. The Morgan fingerprint density at radius 2 is 2.12 bits per heavy atom. The molecule has 0 spiro atoms. The van der Waals surface area contributed by atoms with Gasteiger partial charge in [0, 0.05) is 22.8 Å². The van der Waals surface area contributed by atoms with Crippen molar-refractivity contribution >= 4 is 27.9 Å². The highest BCUT2D eigenvalue weighted by atomic mass is 79.9. The first-order chi connectivity index (χ1) is 7.42. The number of anilines is 1. The standard InChI is InChI=1S/C12H16BrNO2/c1-12(2,8-16)14(3)11-6-10(13)5-4-9(11)7-15/h4-7,16H,8H2,1-3H3. The molecule has 3 nitrogen and oxygen atoms in total. The van der Waals surface area contributed by atoms with Gasteiger partial charge in [-0.25, -0.2) is 0 Å². The number of halogens is 1. The van der Waals surface area contributed by atoms with Crippen molar-refractivity contribution in [1.29, 1.82) is 0 Å². The number of likely N-dealkylation sites (N-methyl/N-ethyl adjacent to an activating group) is 1. The minimum absolute atomic E-state index is 0.0221. The number of rotatable bonds is 4. The van der Waals surface area contributed by atoms with Crippen LogP contribution in [0.5, 0.6) is 0 Å². The van der Waals surface area contributed by atoms with Gasteiger partial charge in [0.1, 0.15) is 0 Å². The van der Waals surface area contributed by atoms with E-state index in [-0.39, 0.29) is 6.61 Å². The van der Waals surface area contributed by atoms with E-state index in [1.54, 1.807) is 6.07 Å². The second-order valence-electron chi connectivity index (χ2n) is 4.35. The molecule has 0 aliphatic carbocycles. The van der Waals surface area contributed by atoms with E-state index >= 15 is 0 Å². The summed E-state index contributed by atoms with van der Waals surface area (Å²) in [5, 5.41) is 9.32. The van der Waals surface area contributed by atoms with Crippen molar-refractivity contribution in [2.45, 2.75) is 19.4 Å². The summed E-state index contributed by atoms with van der Waals surface area (Å²) in [6, 6.07) is 5.46. The van der Waals surface area contributed by atoms with E-state index in [1.807, 2.05) is 37.9 Å². The highest BCUT2D eigenvalue weighted by molar-refractivity contribution is 9.10. The third kappa shape index (κ3) is 2.62. The fourth-order valence-electron chi connectivity index (χ4n) is 1.34. The van der Waals surface area contributed by atoms with E-state index in [0.29, 0.717) is 5.56 Å². The molecule has 0 fully saturated rings. The first kappa shape index (κ1) is 13.2. The van der Waals surface area contributed by atoms with E-state index in [1.165, 1.54) is 0 Å². The fraction of sp³-hybridized carbons (Fsp3) is 0.417. The van der Waals surface area contributed by atoms with Crippen molar-refractivity contribution in [3.8, 4) is 0 Å². The Morgan fingerprint density at radius 1 is 1.50 bits per heavy atom. The second kappa shape index (κ2) is 4.97. The zero-order valence-electron chi connectivity index (χ0n) is 9.70. The maximum atomic E-state index is 11.0. The molecule has 1 aromatic carbocycles. The molecule has 0 atom stereocenters. The molecular formula is C12H16BrNO2. The lowest BCUT2D eigenvalue weighted by Gasteiger charge is -2.36. The molecular weight excluding hydrogens is 270 g/mol. The third-order valence-corrected chi connectivity index (χ3v) is 3.27. The molecule has 16 heavy (non-hydrogen) atoms. The molecule has 0 unspecified atom stereocenters. The van der Waals surface area contributed by atoms with E-state index < -0.39 is 5.54 Å². The Morgan fingerprint density at radius 3 is 2.62 bits per heavy atom. The van der Waals surface area contributed by atoms with Crippen LogP contribution in [0.1, 0.15) is 24.2 Å². The molecule has 0 radical (unpaired) electrons. The number of carbonyl (C=O) groups is 1. The number of carbonyl (C=O) groups excluding carboxylic acids is 1. The van der Waals surface area contributed by atoms with Crippen molar-refractivity contribution in [3.05, 3.63) is 28.2 Å². The minimum Gasteiger partial charge on any atom is -0.394 e. The van der Waals surface area contributed by atoms with Crippen LogP contribution in [0.15, 0.2) is 22.7 Å². The number of nitrogens with zero attached hydrogens (tertiary/aromatic N) is 1. The first-order valence-electron chi connectivity index (χ1n) is 5.02. The van der Waals surface area contributed by atoms with E-state index in [4.69, 9.17) is 0 Å². The normalized spacial score (nSPS) is 11.3. The lowest BCUT2D eigenvalue weighted by atomic mass is 10.0. The first-order valence-corrected chi connectivity index (χ1v) is 5.81. The molecule has 4 heteroatoms. The van der Waals surface area contributed by atoms with Gasteiger partial charge in [-0.1, -0.05) is 15.9 Å². The van der Waals surface area contributed by atoms with Gasteiger partial charge >= 0.3 is 0 Å². The molecule has 1 aromatic rings. The molecule has 0 bridgehead atoms. The Bertz CT molecular complexity index is 391. The van der Waals surface area contributed by atoms with Gasteiger partial charge in [-0.05, 0) is 32.0 Å². The molecule has 0 aromatic heterocycles. The molecule has 1 N–H and O–H groups in total. The quantitative estimate of drug-likeness (QED) is 0.864. The smallest absolute Gasteiger partial charge is 0.152 e. The van der Waals surface area contributed by atoms with E-state index in [9.17, 15) is 9.90 Å². The monoisotopic (exact) mass is 285 g/mol. The highest BCUT2D eigenvalue weighted by Crippen LogP contribution is 2.28. The molecule has 0 amide bonds. The predicted molar refractivity (Wildman–Crippen MR) is 69.1 cm³/mol. The SMILES string of the molecule is CN(c1cc(Br)ccc1C=O)C(C)(C)CO. The van der Waals surface area contributed by atoms with Gasteiger partial charge in [0.25, 0.3) is 0 Å². The van der Waals surface area contributed by atoms with E-state index in [2.05, 4.69) is 15.9 Å². The number of hydrogen-bond donors (Lipinski definition) is 1. The van der Waals surface area contributed by atoms with Crippen LogP contribution >= 0.6 is 15.9 Å². The maximum absolute atomic E-state index is 11.0. The maximum Gasteiger partial charge on any atom is 0.152 e. The summed E-state index contributed by atoms with van der Waals surface area (Å²) in [6.45, 7) is 3.86. The lowest BCUT2D eigenvalue weighted by Crippen LogP contribution is -2.44. The zero-order chi connectivity index (χ0) is 12.3. The fourth-order valence-corrected chi connectivity index (χ4v) is 1.69. The van der Waals surface area contributed by atoms with Crippen LogP contribution < -0.4 is 4.90 Å². The average molecular weight is 286 g/mol. The van der Waals surface area contributed by atoms with Crippen LogP contribution in [-0.4, -0.2) is 30.6 Å². The van der Waals surface area contributed by atoms with Crippen LogP contribution in [0.4, 0.5) is 5.69 Å². The lowest BCUT2D eigenvalue weighted by molar-refractivity contribution is 0.112. The third-order valence-electron chi connectivity index (χ3n) is 2.78. The number of hydrogen-bond acceptors (Lipinski definition) is 3. The van der Waals surface area contributed by atoms with Crippen molar-refractivity contribution in [3.63, 3.8) is 0 Å². The summed E-state index contributed by atoms with van der Waals surface area (Å²) in [6.07, 6.45) is 0.825. The number of benzene rings is 1. The van der Waals surface area contributed by atoms with Crippen LogP contribution in [0.2, 0.25) is 0 Å². The molecule has 0 saturated carbocycles. The highest BCUT2D eigenvalue weighted by Gasteiger charge is 2.24. The Labute approximate surface area is 104 Å². The summed E-state index contributed by atoms with van der Waals surface area (Å²) in [7, 11) is 1.87. The van der Waals surface area contributed by atoms with Gasteiger partial charge in [0.15, 0.2) is 6.29 Å². The van der Waals surface area contributed by atoms with Gasteiger partial charge in [-0.15, -0.1) is 0 Å². The molecule has 0 heterocycles. The van der Waals surface area contributed by atoms with Crippen LogP contribution in [0.3, 0.4) is 0 Å². The Balaban J connectivity index is 3.21. The van der Waals surface area contributed by atoms with Gasteiger partial charge in [0.2, 0.25) is 0 Å². The van der Waals surface area contributed by atoms with Gasteiger partial charge in [-0.3, -0.25) is 4.79 Å².